The van der Waals surface area contributed by atoms with Gasteiger partial charge in [-0.3, -0.25) is 0 Å². The van der Waals surface area contributed by atoms with Gasteiger partial charge in [-0.25, -0.2) is 9.35 Å². The van der Waals surface area contributed by atoms with E-state index in [1.165, 1.54) is 0 Å². The second kappa shape index (κ2) is 3.48. The second-order valence-corrected chi connectivity index (χ2v) is 5.62. The van der Waals surface area contributed by atoms with Crippen molar-refractivity contribution in [3.8, 4) is 0 Å². The third-order valence-corrected chi connectivity index (χ3v) is 3.75. The molecule has 0 saturated heterocycles. The molecule has 15 heavy (non-hydrogen) atoms. The van der Waals surface area contributed by atoms with Crippen LogP contribution in [0.3, 0.4) is 0 Å². The molecule has 5 nitrogen and oxygen atoms in total. The maximum atomic E-state index is 11.6. The minimum atomic E-state index is -6.53. The van der Waals surface area contributed by atoms with E-state index in [2.05, 4.69) is 5.14 Å². The summed E-state index contributed by atoms with van der Waals surface area (Å²) in [6.45, 7) is 0. The lowest BCUT2D eigenvalue weighted by Crippen LogP contribution is -2.33. The molecule has 0 bridgehead atoms. The van der Waals surface area contributed by atoms with Gasteiger partial charge >= 0.3 is 21.0 Å². The van der Waals surface area contributed by atoms with Crippen molar-refractivity contribution in [1.29, 1.82) is 0 Å². The van der Waals surface area contributed by atoms with Crippen molar-refractivity contribution in [3.63, 3.8) is 0 Å². The van der Waals surface area contributed by atoms with E-state index >= 15 is 0 Å². The normalized spacial score (nSPS) is 18.3. The van der Waals surface area contributed by atoms with Crippen LogP contribution in [0, 0.1) is 0 Å². The molecule has 0 aliphatic rings. The Balaban J connectivity index is 5.77. The number of nitrogens with two attached hydrogens (primary N) is 1. The molecule has 0 aromatic heterocycles. The standard InChI is InChI=1S/C2H2F6N2O3S2/c3-1(4,5)14(9,11)10-15(12,13)2(6,7)8/h(H2,9,10,11). The van der Waals surface area contributed by atoms with Gasteiger partial charge in [0.25, 0.3) is 0 Å². The maximum Gasteiger partial charge on any atom is 0.519 e. The van der Waals surface area contributed by atoms with Crippen molar-refractivity contribution in [2.24, 2.45) is 8.91 Å². The van der Waals surface area contributed by atoms with Gasteiger partial charge in [0, 0.05) is 0 Å². The Labute approximate surface area is 79.6 Å². The molecule has 92 valence electrons. The largest absolute Gasteiger partial charge is 0.519 e. The number of hydrogen-bond donors (Lipinski definition) is 1. The molecule has 0 heterocycles. The van der Waals surface area contributed by atoms with Crippen LogP contribution >= 0.6 is 0 Å². The Hall–Kier alpha value is -0.560. The summed E-state index contributed by atoms with van der Waals surface area (Å²) in [5.41, 5.74) is -12.0. The van der Waals surface area contributed by atoms with E-state index in [4.69, 9.17) is 0 Å². The van der Waals surface area contributed by atoms with Gasteiger partial charge in [-0.05, 0) is 0 Å². The van der Waals surface area contributed by atoms with Gasteiger partial charge in [-0.15, -0.1) is 0 Å². The molecule has 0 aromatic carbocycles. The summed E-state index contributed by atoms with van der Waals surface area (Å²) in [6.07, 6.45) is 0. The summed E-state index contributed by atoms with van der Waals surface area (Å²) in [5, 5.41) is 3.83. The number of nitrogens with zero attached hydrogens (tertiary/aromatic N) is 1. The lowest BCUT2D eigenvalue weighted by atomic mass is 11.6. The Morgan fingerprint density at radius 1 is 0.867 bits per heavy atom. The van der Waals surface area contributed by atoms with E-state index < -0.39 is 31.0 Å². The fourth-order valence-electron chi connectivity index (χ4n) is 0.230. The van der Waals surface area contributed by atoms with Crippen molar-refractivity contribution in [2.75, 3.05) is 0 Å². The second-order valence-electron chi connectivity index (χ2n) is 2.01. The molecule has 0 fully saturated rings. The van der Waals surface area contributed by atoms with Crippen LogP contribution in [0.5, 0.6) is 0 Å². The van der Waals surface area contributed by atoms with Crippen LogP contribution in [0.25, 0.3) is 0 Å². The fourth-order valence-corrected chi connectivity index (χ4v) is 2.07. The SMILES string of the molecule is NS(=O)(=NS(=O)(=O)C(F)(F)F)C(F)(F)F. The van der Waals surface area contributed by atoms with Gasteiger partial charge in [0.1, 0.15) is 0 Å². The molecule has 0 aliphatic carbocycles. The van der Waals surface area contributed by atoms with Crippen molar-refractivity contribution in [3.05, 3.63) is 0 Å². The molecule has 0 aliphatic heterocycles. The Morgan fingerprint density at radius 3 is 1.40 bits per heavy atom. The molecule has 13 heteroatoms. The number of halogens is 6. The van der Waals surface area contributed by atoms with Crippen LogP contribution < -0.4 is 5.14 Å². The number of rotatable bonds is 1. The monoisotopic (exact) mass is 280 g/mol. The summed E-state index contributed by atoms with van der Waals surface area (Å²) in [5.74, 6) is 0. The first-order valence-electron chi connectivity index (χ1n) is 2.64. The average molecular weight is 280 g/mol. The molecule has 1 unspecified atom stereocenters. The molecular formula is C2H2F6N2O3S2. The topological polar surface area (TPSA) is 89.6 Å². The van der Waals surface area contributed by atoms with Crippen LogP contribution in [0.1, 0.15) is 0 Å². The zero-order chi connectivity index (χ0) is 12.7. The third kappa shape index (κ3) is 3.20. The minimum absolute atomic E-state index is 1.11. The number of alkyl halides is 6. The predicted molar refractivity (Wildman–Crippen MR) is 35.8 cm³/mol. The lowest BCUT2D eigenvalue weighted by molar-refractivity contribution is -0.0442. The van der Waals surface area contributed by atoms with E-state index in [-0.39, 0.29) is 0 Å². The molecular weight excluding hydrogens is 278 g/mol. The van der Waals surface area contributed by atoms with Gasteiger partial charge in [0.15, 0.2) is 0 Å². The van der Waals surface area contributed by atoms with E-state index in [1.807, 2.05) is 0 Å². The Morgan fingerprint density at radius 2 is 1.20 bits per heavy atom. The molecule has 0 rings (SSSR count). The quantitative estimate of drug-likeness (QED) is 0.717. The highest BCUT2D eigenvalue weighted by atomic mass is 32.3. The van der Waals surface area contributed by atoms with Crippen molar-refractivity contribution in [1.82, 2.24) is 0 Å². The van der Waals surface area contributed by atoms with Crippen LogP contribution in [-0.4, -0.2) is 23.6 Å². The molecule has 0 radical (unpaired) electrons. The van der Waals surface area contributed by atoms with Gasteiger partial charge < -0.3 is 0 Å². The lowest BCUT2D eigenvalue weighted by Gasteiger charge is -2.08. The van der Waals surface area contributed by atoms with Crippen molar-refractivity contribution < 1.29 is 39.0 Å². The summed E-state index contributed by atoms with van der Waals surface area (Å²) < 4.78 is 101. The highest BCUT2D eigenvalue weighted by Gasteiger charge is 2.50. The zero-order valence-electron chi connectivity index (χ0n) is 6.33. The summed E-state index contributed by atoms with van der Waals surface area (Å²) in [6, 6.07) is 0. The van der Waals surface area contributed by atoms with Crippen molar-refractivity contribution >= 4 is 19.9 Å². The molecule has 2 N–H and O–H groups in total. The molecule has 1 atom stereocenters. The van der Waals surface area contributed by atoms with Crippen LogP contribution in [0.4, 0.5) is 26.3 Å². The average Bonchev–Trinajstić information content (AvgIpc) is 1.77. The highest BCUT2D eigenvalue weighted by Crippen LogP contribution is 2.29. The van der Waals surface area contributed by atoms with Gasteiger partial charge in [0.2, 0.25) is 9.92 Å². The summed E-state index contributed by atoms with van der Waals surface area (Å²) in [7, 11) is -12.5. The first-order chi connectivity index (χ1) is 6.21. The molecule has 0 spiro atoms. The Kier molecular flexibility index (Phi) is 3.35. The zero-order valence-corrected chi connectivity index (χ0v) is 7.97. The van der Waals surface area contributed by atoms with Gasteiger partial charge in [0.05, 0.1) is 0 Å². The van der Waals surface area contributed by atoms with E-state index in [9.17, 15) is 39.0 Å². The number of hydrogen-bond acceptors (Lipinski definition) is 3. The summed E-state index contributed by atoms with van der Waals surface area (Å²) >= 11 is 0. The minimum Gasteiger partial charge on any atom is -0.237 e. The first kappa shape index (κ1) is 14.4. The smallest absolute Gasteiger partial charge is 0.237 e. The molecule has 0 amide bonds. The fraction of sp³-hybridized carbons (Fsp3) is 1.00. The van der Waals surface area contributed by atoms with Gasteiger partial charge in [-0.2, -0.15) is 34.8 Å². The third-order valence-electron chi connectivity index (χ3n) is 0.833. The van der Waals surface area contributed by atoms with Crippen LogP contribution in [-0.2, 0) is 19.9 Å². The predicted octanol–water partition coefficient (Wildman–Crippen LogP) is 0.698. The maximum absolute atomic E-state index is 11.6. The molecule has 0 aromatic rings. The molecule has 0 saturated carbocycles. The van der Waals surface area contributed by atoms with E-state index in [1.54, 1.807) is 0 Å². The van der Waals surface area contributed by atoms with Crippen molar-refractivity contribution in [2.45, 2.75) is 11.0 Å². The highest BCUT2D eigenvalue weighted by molar-refractivity contribution is 8.02. The Bertz CT molecular complexity index is 450. The van der Waals surface area contributed by atoms with Gasteiger partial charge in [-0.1, -0.05) is 3.77 Å². The summed E-state index contributed by atoms with van der Waals surface area (Å²) in [4.78, 5) is 0. The van der Waals surface area contributed by atoms with Crippen LogP contribution in [0.15, 0.2) is 3.77 Å². The number of sulfonamides is 1. The van der Waals surface area contributed by atoms with E-state index in [0.717, 1.165) is 3.77 Å². The van der Waals surface area contributed by atoms with Crippen LogP contribution in [0.2, 0.25) is 0 Å². The first-order valence-corrected chi connectivity index (χ1v) is 5.66. The van der Waals surface area contributed by atoms with E-state index in [0.29, 0.717) is 0 Å².